The lowest BCUT2D eigenvalue weighted by Crippen LogP contribution is -2.74. The highest BCUT2D eigenvalue weighted by molar-refractivity contribution is 5.36. The van der Waals surface area contributed by atoms with E-state index in [1.807, 2.05) is 0 Å². The van der Waals surface area contributed by atoms with Crippen LogP contribution in [0.2, 0.25) is 0 Å². The Morgan fingerprint density at radius 2 is 0.396 bits per heavy atom. The van der Waals surface area contributed by atoms with Crippen molar-refractivity contribution in [2.24, 2.45) is 5.41 Å². The molecular formula is C83H88N2O6. The molecule has 8 fully saturated rings. The topological polar surface area (TPSA) is 83.2 Å². The van der Waals surface area contributed by atoms with Crippen LogP contribution in [0.3, 0.4) is 0 Å². The fraction of sp³-hybridized carbons (Fsp3) is 0.422. The quantitative estimate of drug-likeness (QED) is 0.151. The van der Waals surface area contributed by atoms with Crippen LogP contribution in [0.25, 0.3) is 0 Å². The summed E-state index contributed by atoms with van der Waals surface area (Å²) in [5.74, 6) is -0.808. The minimum absolute atomic E-state index is 0.158. The zero-order valence-electron chi connectivity index (χ0n) is 52.7. The van der Waals surface area contributed by atoms with Gasteiger partial charge in [0, 0.05) is 25.7 Å². The van der Waals surface area contributed by atoms with E-state index >= 15 is 10.4 Å². The van der Waals surface area contributed by atoms with Crippen LogP contribution in [0, 0.1) is 5.41 Å². The summed E-state index contributed by atoms with van der Waals surface area (Å²) in [5, 5.41) is 37.2. The highest BCUT2D eigenvalue weighted by atomic mass is 16.7. The second-order valence-electron chi connectivity index (χ2n) is 30.1. The minimum atomic E-state index is -1.04. The molecular weight excluding hydrogens is 1120 g/mol. The molecule has 4 saturated heterocycles. The van der Waals surface area contributed by atoms with Crippen LogP contribution >= 0.6 is 0 Å². The van der Waals surface area contributed by atoms with Gasteiger partial charge >= 0.3 is 0 Å². The number of nitrogens with zero attached hydrogens (tertiary/aromatic N) is 2. The molecule has 8 nitrogen and oxygen atoms in total. The molecule has 4 aliphatic heterocycles. The first-order valence-corrected chi connectivity index (χ1v) is 34.4. The predicted molar refractivity (Wildman–Crippen MR) is 355 cm³/mol. The molecule has 0 N–H and O–H groups in total. The predicted octanol–water partition coefficient (Wildman–Crippen LogP) is 18.3. The Kier molecular flexibility index (Phi) is 15.7. The SMILES string of the molecule is [O]N1C2(CC(c3ccccc3)CC(c3ccccc3)C2)CC2(CC13CC(c1ccccc1)CC(c1ccccc1)C3)OCC1(CO2)COC2(CC3(CC(c4ccccc4)CC(c4ccccc4)C3)N([O])C3(CC(c4ccccc4)CC(c4ccccc4)C3)C2)OC1. The summed E-state index contributed by atoms with van der Waals surface area (Å²) < 4.78 is 30.9. The lowest BCUT2D eigenvalue weighted by molar-refractivity contribution is -0.434. The normalized spacial score (nSPS) is 36.9. The number of benzene rings is 8. The molecule has 8 aliphatic rings. The zero-order valence-corrected chi connectivity index (χ0v) is 52.7. The number of hydrogen-bond acceptors (Lipinski definition) is 6. The average molecular weight is 1210 g/mol. The third kappa shape index (κ3) is 11.3. The Bertz CT molecular complexity index is 3030. The monoisotopic (exact) mass is 1210 g/mol. The number of hydroxylamine groups is 4. The van der Waals surface area contributed by atoms with E-state index in [-0.39, 0.29) is 47.3 Å². The average Bonchev–Trinajstić information content (AvgIpc) is 0.715. The molecule has 7 spiro atoms. The molecule has 0 bridgehead atoms. The first-order chi connectivity index (χ1) is 44.5. The highest BCUT2D eigenvalue weighted by Gasteiger charge is 2.69. The third-order valence-electron chi connectivity index (χ3n) is 24.1. The van der Waals surface area contributed by atoms with Crippen LogP contribution in [0.4, 0.5) is 0 Å². The molecule has 8 aromatic rings. The second kappa shape index (κ2) is 24.1. The number of piperidine rings is 2. The van der Waals surface area contributed by atoms with E-state index in [0.717, 1.165) is 77.0 Å². The fourth-order valence-electron chi connectivity index (χ4n) is 20.4. The Hall–Kier alpha value is -6.56. The van der Waals surface area contributed by atoms with Gasteiger partial charge in [-0.15, -0.1) is 20.5 Å². The molecule has 16 rings (SSSR count). The van der Waals surface area contributed by atoms with Gasteiger partial charge in [-0.05, 0) is 169 Å². The summed E-state index contributed by atoms with van der Waals surface area (Å²) in [6, 6.07) is 87.9. The Morgan fingerprint density at radius 3 is 0.549 bits per heavy atom. The third-order valence-corrected chi connectivity index (χ3v) is 24.1. The van der Waals surface area contributed by atoms with E-state index in [4.69, 9.17) is 18.9 Å². The summed E-state index contributed by atoms with van der Waals surface area (Å²) >= 11 is 0. The van der Waals surface area contributed by atoms with E-state index in [2.05, 4.69) is 243 Å². The van der Waals surface area contributed by atoms with Crippen molar-refractivity contribution in [1.82, 2.24) is 10.1 Å². The van der Waals surface area contributed by atoms with Gasteiger partial charge in [0.15, 0.2) is 11.6 Å². The molecule has 8 unspecified atom stereocenters. The molecule has 91 heavy (non-hydrogen) atoms. The summed E-state index contributed by atoms with van der Waals surface area (Å²) in [6.45, 7) is 1.52. The fourth-order valence-corrected chi connectivity index (χ4v) is 20.4. The van der Waals surface area contributed by atoms with Crippen molar-refractivity contribution >= 4 is 0 Å². The largest absolute Gasteiger partial charge is 0.349 e. The summed E-state index contributed by atoms with van der Waals surface area (Å²) in [5.41, 5.74) is 6.50. The molecule has 8 heteroatoms. The van der Waals surface area contributed by atoms with Crippen LogP contribution < -0.4 is 0 Å². The summed E-state index contributed by atoms with van der Waals surface area (Å²) in [4.78, 5) is 0. The molecule has 0 aromatic heterocycles. The number of hydrogen-bond donors (Lipinski definition) is 0. The number of rotatable bonds is 8. The minimum Gasteiger partial charge on any atom is -0.349 e. The first kappa shape index (κ1) is 59.5. The van der Waals surface area contributed by atoms with Gasteiger partial charge < -0.3 is 18.9 Å². The van der Waals surface area contributed by atoms with Crippen LogP contribution in [-0.2, 0) is 29.4 Å². The van der Waals surface area contributed by atoms with Gasteiger partial charge in [0.2, 0.25) is 0 Å². The van der Waals surface area contributed by atoms with E-state index in [1.165, 1.54) is 44.5 Å². The first-order valence-electron chi connectivity index (χ1n) is 34.4. The molecule has 0 amide bonds. The lowest BCUT2D eigenvalue weighted by Gasteiger charge is -2.66. The van der Waals surface area contributed by atoms with Crippen molar-refractivity contribution < 1.29 is 29.4 Å². The van der Waals surface area contributed by atoms with Gasteiger partial charge in [0.25, 0.3) is 0 Å². The van der Waals surface area contributed by atoms with Crippen molar-refractivity contribution in [2.45, 2.75) is 184 Å². The summed E-state index contributed by atoms with van der Waals surface area (Å²) in [7, 11) is 0. The van der Waals surface area contributed by atoms with Gasteiger partial charge in [-0.2, -0.15) is 0 Å². The molecule has 2 radical (unpaired) electrons. The van der Waals surface area contributed by atoms with Gasteiger partial charge in [-0.1, -0.05) is 243 Å². The Morgan fingerprint density at radius 1 is 0.242 bits per heavy atom. The lowest BCUT2D eigenvalue weighted by atomic mass is 9.56. The van der Waals surface area contributed by atoms with E-state index in [0.29, 0.717) is 52.1 Å². The van der Waals surface area contributed by atoms with Gasteiger partial charge in [0.1, 0.15) is 0 Å². The van der Waals surface area contributed by atoms with E-state index < -0.39 is 39.1 Å². The van der Waals surface area contributed by atoms with Crippen LogP contribution in [0.1, 0.15) is 195 Å². The van der Waals surface area contributed by atoms with Crippen LogP contribution in [0.15, 0.2) is 243 Å². The number of ether oxygens (including phenoxy) is 4. The molecule has 4 saturated carbocycles. The van der Waals surface area contributed by atoms with Crippen LogP contribution in [-0.4, -0.2) is 70.3 Å². The van der Waals surface area contributed by atoms with Crippen molar-refractivity contribution in [2.75, 3.05) is 26.4 Å². The molecule has 4 heterocycles. The van der Waals surface area contributed by atoms with E-state index in [9.17, 15) is 0 Å². The second-order valence-corrected chi connectivity index (χ2v) is 30.1. The summed E-state index contributed by atoms with van der Waals surface area (Å²) in [6.07, 6.45) is 11.6. The maximum atomic E-state index is 16.9. The van der Waals surface area contributed by atoms with Gasteiger partial charge in [-0.25, -0.2) is 0 Å². The molecule has 8 aromatic carbocycles. The van der Waals surface area contributed by atoms with Crippen molar-refractivity contribution in [3.05, 3.63) is 287 Å². The highest BCUT2D eigenvalue weighted by Crippen LogP contribution is 2.66. The molecule has 8 atom stereocenters. The van der Waals surface area contributed by atoms with Crippen LogP contribution in [0.5, 0.6) is 0 Å². The Labute approximate surface area is 539 Å². The maximum absolute atomic E-state index is 16.9. The van der Waals surface area contributed by atoms with Gasteiger partial charge in [0.05, 0.1) is 54.0 Å². The van der Waals surface area contributed by atoms with Gasteiger partial charge in [-0.3, -0.25) is 0 Å². The standard InChI is InChI=1S/C83H88N2O6/c86-84-78(45-69(61-25-9-1-10-26-61)41-70(46-78)62-27-11-2-12-28-62)53-82(54-79(84)47-71(63-29-13-3-14-30-63)42-72(48-79)64-31-15-4-16-32-64)88-57-77(58-89-82)59-90-83(91-60-77)55-80(49-73(65-33-17-5-18-34-65)43-74(50-80)66-35-19-6-20-36-66)85(87)81(56-83)51-75(67-37-21-7-22-38-67)44-76(52-81)68-39-23-8-24-40-68/h1-40,69-76H,41-60H2. The maximum Gasteiger partial charge on any atom is 0.172 e. The van der Waals surface area contributed by atoms with Crippen molar-refractivity contribution in [3.8, 4) is 0 Å². The Balaban J connectivity index is 0.763. The van der Waals surface area contributed by atoms with Crippen molar-refractivity contribution in [1.29, 1.82) is 0 Å². The van der Waals surface area contributed by atoms with Crippen molar-refractivity contribution in [3.63, 3.8) is 0 Å². The zero-order chi connectivity index (χ0) is 61.1. The molecule has 466 valence electrons. The smallest absolute Gasteiger partial charge is 0.172 e. The molecule has 4 aliphatic carbocycles. The van der Waals surface area contributed by atoms with E-state index in [1.54, 1.807) is 10.1 Å².